The van der Waals surface area contributed by atoms with Crippen LogP contribution in [-0.4, -0.2) is 39.2 Å². The summed E-state index contributed by atoms with van der Waals surface area (Å²) in [4.78, 5) is 12.3. The standard InChI is InChI=1S/C24H32O4Si/c1-7-24(5,22(26)27-6)21(25)18-28-29(23(2,3)4,19-14-10-8-11-15-19)20-16-12-9-13-17-20/h7-17,21,25H,1,18H2,2-6H3/t21-,24-/m1/s1. The summed E-state index contributed by atoms with van der Waals surface area (Å²) in [6, 6.07) is 20.3. The van der Waals surface area contributed by atoms with Crippen molar-refractivity contribution in [2.45, 2.75) is 38.8 Å². The fourth-order valence-corrected chi connectivity index (χ4v) is 8.28. The van der Waals surface area contributed by atoms with Crippen molar-refractivity contribution in [3.63, 3.8) is 0 Å². The zero-order valence-corrected chi connectivity index (χ0v) is 19.0. The normalized spacial score (nSPS) is 15.2. The lowest BCUT2D eigenvalue weighted by atomic mass is 9.85. The lowest BCUT2D eigenvalue weighted by Gasteiger charge is -2.44. The first-order valence-electron chi connectivity index (χ1n) is 9.78. The van der Waals surface area contributed by atoms with E-state index < -0.39 is 25.8 Å². The first-order valence-corrected chi connectivity index (χ1v) is 11.7. The van der Waals surface area contributed by atoms with Crippen LogP contribution in [0.2, 0.25) is 5.04 Å². The van der Waals surface area contributed by atoms with E-state index in [9.17, 15) is 9.90 Å². The molecule has 0 heterocycles. The molecular formula is C24H32O4Si. The Kier molecular flexibility index (Phi) is 7.22. The number of carbonyl (C=O) groups excluding carboxylic acids is 1. The fraction of sp³-hybridized carbons (Fsp3) is 0.375. The summed E-state index contributed by atoms with van der Waals surface area (Å²) in [6.45, 7) is 11.8. The maximum atomic E-state index is 12.3. The van der Waals surface area contributed by atoms with E-state index in [1.54, 1.807) is 6.92 Å². The van der Waals surface area contributed by atoms with Crippen LogP contribution in [0, 0.1) is 5.41 Å². The summed E-state index contributed by atoms with van der Waals surface area (Å²) in [5, 5.41) is 12.9. The van der Waals surface area contributed by atoms with Gasteiger partial charge in [-0.1, -0.05) is 87.5 Å². The molecule has 0 unspecified atom stereocenters. The predicted octanol–water partition coefficient (Wildman–Crippen LogP) is 3.29. The van der Waals surface area contributed by atoms with Crippen molar-refractivity contribution in [1.29, 1.82) is 0 Å². The Labute approximate surface area is 175 Å². The SMILES string of the molecule is C=C[C@@](C)(C(=O)OC)[C@H](O)CO[Si](c1ccccc1)(c1ccccc1)C(C)(C)C. The Morgan fingerprint density at radius 1 is 1.03 bits per heavy atom. The zero-order chi connectivity index (χ0) is 21.7. The number of benzene rings is 2. The molecule has 29 heavy (non-hydrogen) atoms. The van der Waals surface area contributed by atoms with Gasteiger partial charge in [0.1, 0.15) is 5.41 Å². The molecule has 2 atom stereocenters. The van der Waals surface area contributed by atoms with Crippen molar-refractivity contribution in [1.82, 2.24) is 0 Å². The highest BCUT2D eigenvalue weighted by Crippen LogP contribution is 2.37. The minimum Gasteiger partial charge on any atom is -0.468 e. The Bertz CT molecular complexity index is 774. The third-order valence-corrected chi connectivity index (χ3v) is 10.6. The van der Waals surface area contributed by atoms with Gasteiger partial charge in [-0.25, -0.2) is 0 Å². The molecule has 0 spiro atoms. The molecule has 1 N–H and O–H groups in total. The Balaban J connectivity index is 2.55. The number of carbonyl (C=O) groups is 1. The fourth-order valence-electron chi connectivity index (χ4n) is 3.71. The topological polar surface area (TPSA) is 55.8 Å². The molecule has 0 aromatic heterocycles. The van der Waals surface area contributed by atoms with Crippen LogP contribution >= 0.6 is 0 Å². The van der Waals surface area contributed by atoms with Gasteiger partial charge in [0.15, 0.2) is 0 Å². The van der Waals surface area contributed by atoms with Crippen LogP contribution in [0.3, 0.4) is 0 Å². The second-order valence-corrected chi connectivity index (χ2v) is 12.8. The second kappa shape index (κ2) is 9.07. The quantitative estimate of drug-likeness (QED) is 0.411. The molecule has 0 fully saturated rings. The molecule has 5 heteroatoms. The molecule has 0 bridgehead atoms. The van der Waals surface area contributed by atoms with Gasteiger partial charge in [-0.05, 0) is 22.3 Å². The maximum absolute atomic E-state index is 12.3. The molecule has 0 amide bonds. The van der Waals surface area contributed by atoms with Crippen LogP contribution in [0.5, 0.6) is 0 Å². The summed E-state index contributed by atoms with van der Waals surface area (Å²) in [7, 11) is -1.49. The van der Waals surface area contributed by atoms with E-state index >= 15 is 0 Å². The van der Waals surface area contributed by atoms with Crippen LogP contribution < -0.4 is 10.4 Å². The van der Waals surface area contributed by atoms with Gasteiger partial charge in [0, 0.05) is 0 Å². The molecule has 0 saturated carbocycles. The van der Waals surface area contributed by atoms with Crippen LogP contribution in [0.25, 0.3) is 0 Å². The van der Waals surface area contributed by atoms with Gasteiger partial charge in [0.25, 0.3) is 8.32 Å². The number of rotatable bonds is 8. The molecule has 0 aliphatic rings. The van der Waals surface area contributed by atoms with Gasteiger partial charge in [-0.2, -0.15) is 0 Å². The number of hydrogen-bond acceptors (Lipinski definition) is 4. The van der Waals surface area contributed by atoms with E-state index in [2.05, 4.69) is 51.6 Å². The third-order valence-electron chi connectivity index (χ3n) is 5.62. The van der Waals surface area contributed by atoms with E-state index in [0.717, 1.165) is 10.4 Å². The molecule has 0 aliphatic carbocycles. The number of hydrogen-bond donors (Lipinski definition) is 1. The highest BCUT2D eigenvalue weighted by atomic mass is 28.4. The number of aliphatic hydroxyl groups is 1. The van der Waals surface area contributed by atoms with Crippen LogP contribution in [0.1, 0.15) is 27.7 Å². The van der Waals surface area contributed by atoms with Crippen molar-refractivity contribution >= 4 is 24.7 Å². The van der Waals surface area contributed by atoms with Gasteiger partial charge in [0.2, 0.25) is 0 Å². The van der Waals surface area contributed by atoms with E-state index in [1.807, 2.05) is 36.4 Å². The summed E-state index contributed by atoms with van der Waals surface area (Å²) in [6.07, 6.45) is 0.340. The smallest absolute Gasteiger partial charge is 0.318 e. The lowest BCUT2D eigenvalue weighted by molar-refractivity contribution is -0.155. The molecule has 0 radical (unpaired) electrons. The molecule has 2 rings (SSSR count). The zero-order valence-electron chi connectivity index (χ0n) is 18.0. The summed E-state index contributed by atoms with van der Waals surface area (Å²) < 4.78 is 11.6. The highest BCUT2D eigenvalue weighted by Gasteiger charge is 2.51. The molecule has 0 saturated heterocycles. The van der Waals surface area contributed by atoms with Gasteiger partial charge < -0.3 is 14.3 Å². The predicted molar refractivity (Wildman–Crippen MR) is 120 cm³/mol. The summed E-state index contributed by atoms with van der Waals surface area (Å²) >= 11 is 0. The van der Waals surface area contributed by atoms with Crippen molar-refractivity contribution < 1.29 is 19.1 Å². The molecule has 2 aromatic rings. The van der Waals surface area contributed by atoms with Crippen molar-refractivity contribution in [3.8, 4) is 0 Å². The average Bonchev–Trinajstić information content (AvgIpc) is 2.73. The Hall–Kier alpha value is -2.21. The second-order valence-electron chi connectivity index (χ2n) is 8.47. The number of ether oxygens (including phenoxy) is 1. The summed E-state index contributed by atoms with van der Waals surface area (Å²) in [5.41, 5.74) is -1.25. The minimum atomic E-state index is -2.80. The van der Waals surface area contributed by atoms with Crippen molar-refractivity contribution in [2.75, 3.05) is 13.7 Å². The Morgan fingerprint density at radius 2 is 1.48 bits per heavy atom. The van der Waals surface area contributed by atoms with Crippen LogP contribution in [0.15, 0.2) is 73.3 Å². The highest BCUT2D eigenvalue weighted by molar-refractivity contribution is 6.99. The van der Waals surface area contributed by atoms with Gasteiger partial charge >= 0.3 is 5.97 Å². The van der Waals surface area contributed by atoms with E-state index in [0.29, 0.717) is 0 Å². The Morgan fingerprint density at radius 3 is 1.83 bits per heavy atom. The number of esters is 1. The molecule has 4 nitrogen and oxygen atoms in total. The first-order chi connectivity index (χ1) is 13.6. The van der Waals surface area contributed by atoms with Gasteiger partial charge in [-0.15, -0.1) is 6.58 Å². The van der Waals surface area contributed by atoms with Crippen LogP contribution in [0.4, 0.5) is 0 Å². The number of methoxy groups -OCH3 is 1. The summed E-state index contributed by atoms with van der Waals surface area (Å²) in [5.74, 6) is -0.536. The number of aliphatic hydroxyl groups excluding tert-OH is 1. The first kappa shape index (κ1) is 23.1. The largest absolute Gasteiger partial charge is 0.468 e. The van der Waals surface area contributed by atoms with E-state index in [1.165, 1.54) is 13.2 Å². The van der Waals surface area contributed by atoms with Gasteiger partial charge in [0.05, 0.1) is 19.8 Å². The van der Waals surface area contributed by atoms with Crippen LogP contribution in [-0.2, 0) is 14.0 Å². The molecule has 2 aromatic carbocycles. The maximum Gasteiger partial charge on any atom is 0.318 e. The molecule has 0 aliphatic heterocycles. The molecular weight excluding hydrogens is 380 g/mol. The monoisotopic (exact) mass is 412 g/mol. The molecule has 156 valence electrons. The third kappa shape index (κ3) is 4.37. The van der Waals surface area contributed by atoms with Crippen molar-refractivity contribution in [3.05, 3.63) is 73.3 Å². The van der Waals surface area contributed by atoms with Crippen molar-refractivity contribution in [2.24, 2.45) is 5.41 Å². The van der Waals surface area contributed by atoms with E-state index in [-0.39, 0.29) is 11.6 Å². The van der Waals surface area contributed by atoms with Gasteiger partial charge in [-0.3, -0.25) is 4.79 Å². The minimum absolute atomic E-state index is 0.00903. The average molecular weight is 413 g/mol. The lowest BCUT2D eigenvalue weighted by Crippen LogP contribution is -2.67. The van der Waals surface area contributed by atoms with E-state index in [4.69, 9.17) is 9.16 Å².